The van der Waals surface area contributed by atoms with Crippen LogP contribution < -0.4 is 5.32 Å². The molecule has 2 aliphatic heterocycles. The van der Waals surface area contributed by atoms with Gasteiger partial charge in [0.2, 0.25) is 11.8 Å². The number of amides is 4. The molecule has 4 amide bonds. The Balaban J connectivity index is 0.000000567. The highest BCUT2D eigenvalue weighted by Crippen LogP contribution is 2.27. The first-order valence-electron chi connectivity index (χ1n) is 8.72. The second kappa shape index (κ2) is 9.11. The van der Waals surface area contributed by atoms with E-state index in [-0.39, 0.29) is 18.7 Å². The molecular weight excluding hydrogens is 320 g/mol. The molecule has 1 atom stereocenters. The van der Waals surface area contributed by atoms with Crippen LogP contribution in [0.15, 0.2) is 18.2 Å². The summed E-state index contributed by atoms with van der Waals surface area (Å²) in [5.74, 6) is -1.91. The normalized spacial score (nSPS) is 18.6. The van der Waals surface area contributed by atoms with Gasteiger partial charge in [-0.05, 0) is 25.5 Å². The molecule has 3 rings (SSSR count). The molecule has 2 aliphatic rings. The molecule has 0 spiro atoms. The van der Waals surface area contributed by atoms with Crippen molar-refractivity contribution in [1.82, 2.24) is 10.2 Å². The molecule has 136 valence electrons. The smallest absolute Gasteiger partial charge is 0.262 e. The number of carbonyl (C=O) groups is 4. The lowest BCUT2D eigenvalue weighted by molar-refractivity contribution is -0.136. The minimum Gasteiger partial charge on any atom is -0.295 e. The number of carbonyl (C=O) groups excluding carboxylic acids is 4. The lowest BCUT2D eigenvalue weighted by atomic mass is 10.0. The van der Waals surface area contributed by atoms with E-state index < -0.39 is 23.8 Å². The highest BCUT2D eigenvalue weighted by atomic mass is 16.2. The summed E-state index contributed by atoms with van der Waals surface area (Å²) in [4.78, 5) is 48.5. The zero-order valence-corrected chi connectivity index (χ0v) is 15.5. The van der Waals surface area contributed by atoms with E-state index in [4.69, 9.17) is 0 Å². The maximum atomic E-state index is 12.3. The number of aryl methyl sites for hydroxylation is 1. The third-order valence-corrected chi connectivity index (χ3v) is 3.60. The van der Waals surface area contributed by atoms with Crippen LogP contribution in [-0.4, -0.2) is 34.6 Å². The summed E-state index contributed by atoms with van der Waals surface area (Å²) < 4.78 is 0. The van der Waals surface area contributed by atoms with Gasteiger partial charge in [-0.15, -0.1) is 0 Å². The van der Waals surface area contributed by atoms with Crippen molar-refractivity contribution in [3.05, 3.63) is 34.9 Å². The summed E-state index contributed by atoms with van der Waals surface area (Å²) in [6.07, 6.45) is 1.55. The van der Waals surface area contributed by atoms with Gasteiger partial charge in [0.25, 0.3) is 11.8 Å². The molecule has 0 bridgehead atoms. The zero-order valence-electron chi connectivity index (χ0n) is 15.5. The van der Waals surface area contributed by atoms with E-state index in [9.17, 15) is 19.2 Å². The average Bonchev–Trinajstić information content (AvgIpc) is 2.82. The second-order valence-corrected chi connectivity index (χ2v) is 5.70. The Labute approximate surface area is 148 Å². The molecule has 0 radical (unpaired) electrons. The highest BCUT2D eigenvalue weighted by Gasteiger charge is 2.44. The third kappa shape index (κ3) is 4.32. The first-order chi connectivity index (χ1) is 11.9. The Bertz CT molecular complexity index is 682. The van der Waals surface area contributed by atoms with Crippen molar-refractivity contribution in [2.24, 2.45) is 0 Å². The number of nitrogens with zero attached hydrogens (tertiary/aromatic N) is 1. The summed E-state index contributed by atoms with van der Waals surface area (Å²) >= 11 is 0. The van der Waals surface area contributed by atoms with Crippen molar-refractivity contribution in [2.45, 2.75) is 59.9 Å². The van der Waals surface area contributed by atoms with Crippen molar-refractivity contribution >= 4 is 23.6 Å². The number of hydrogen-bond acceptors (Lipinski definition) is 4. The SMILES string of the molecule is CC.CCC.Cc1ccc2c(c1)C(=O)N(C1CCC(=O)NC1=O)C2=O. The Morgan fingerprint density at radius 2 is 1.60 bits per heavy atom. The van der Waals surface area contributed by atoms with Gasteiger partial charge >= 0.3 is 0 Å². The maximum absolute atomic E-state index is 12.3. The summed E-state index contributed by atoms with van der Waals surface area (Å²) in [5, 5.41) is 2.16. The van der Waals surface area contributed by atoms with E-state index in [1.54, 1.807) is 18.2 Å². The number of imide groups is 2. The van der Waals surface area contributed by atoms with Crippen LogP contribution >= 0.6 is 0 Å². The number of nitrogens with one attached hydrogen (secondary N) is 1. The largest absolute Gasteiger partial charge is 0.295 e. The van der Waals surface area contributed by atoms with Crippen LogP contribution in [0.5, 0.6) is 0 Å². The van der Waals surface area contributed by atoms with Gasteiger partial charge in [0.15, 0.2) is 0 Å². The first kappa shape index (κ1) is 20.5. The number of fused-ring (bicyclic) bond motifs is 1. The molecule has 0 saturated carbocycles. The van der Waals surface area contributed by atoms with Gasteiger partial charge in [-0.2, -0.15) is 0 Å². The predicted molar refractivity (Wildman–Crippen MR) is 95.2 cm³/mol. The molecule has 25 heavy (non-hydrogen) atoms. The molecule has 1 unspecified atom stereocenters. The fourth-order valence-corrected chi connectivity index (χ4v) is 2.58. The van der Waals surface area contributed by atoms with Crippen LogP contribution in [0.1, 0.15) is 73.2 Å². The summed E-state index contributed by atoms with van der Waals surface area (Å²) in [6, 6.07) is 4.08. The van der Waals surface area contributed by atoms with E-state index in [1.807, 2.05) is 20.8 Å². The summed E-state index contributed by atoms with van der Waals surface area (Å²) in [5.41, 5.74) is 1.50. The monoisotopic (exact) mass is 346 g/mol. The first-order valence-corrected chi connectivity index (χ1v) is 8.72. The van der Waals surface area contributed by atoms with Gasteiger partial charge in [0.05, 0.1) is 11.1 Å². The second-order valence-electron chi connectivity index (χ2n) is 5.70. The predicted octanol–water partition coefficient (Wildman–Crippen LogP) is 2.84. The van der Waals surface area contributed by atoms with Crippen molar-refractivity contribution in [1.29, 1.82) is 0 Å². The lowest BCUT2D eigenvalue weighted by Crippen LogP contribution is -2.54. The van der Waals surface area contributed by atoms with Crippen LogP contribution in [-0.2, 0) is 9.59 Å². The number of rotatable bonds is 1. The fraction of sp³-hybridized carbons (Fsp3) is 0.474. The number of piperidine rings is 1. The van der Waals surface area contributed by atoms with Crippen LogP contribution in [0.4, 0.5) is 0 Å². The van der Waals surface area contributed by atoms with Crippen molar-refractivity contribution in [3.63, 3.8) is 0 Å². The maximum Gasteiger partial charge on any atom is 0.262 e. The third-order valence-electron chi connectivity index (χ3n) is 3.60. The van der Waals surface area contributed by atoms with Crippen molar-refractivity contribution < 1.29 is 19.2 Å². The van der Waals surface area contributed by atoms with Gasteiger partial charge in [-0.1, -0.05) is 45.7 Å². The highest BCUT2D eigenvalue weighted by molar-refractivity contribution is 6.23. The molecule has 6 heteroatoms. The summed E-state index contributed by atoms with van der Waals surface area (Å²) in [6.45, 7) is 10.1. The van der Waals surface area contributed by atoms with Gasteiger partial charge in [0, 0.05) is 6.42 Å². The molecule has 1 aromatic carbocycles. The molecule has 2 heterocycles. The van der Waals surface area contributed by atoms with Gasteiger partial charge in [-0.3, -0.25) is 29.4 Å². The van der Waals surface area contributed by atoms with Crippen LogP contribution in [0.3, 0.4) is 0 Å². The molecule has 1 fully saturated rings. The Kier molecular flexibility index (Phi) is 7.48. The lowest BCUT2D eigenvalue weighted by Gasteiger charge is -2.27. The standard InChI is InChI=1S/C14H12N2O4.C3H8.C2H6/c1-7-2-3-8-9(6-7)14(20)16(13(8)19)10-4-5-11(17)15-12(10)18;1-3-2;1-2/h2-3,6,10H,4-5H2,1H3,(H,15,17,18);3H2,1-2H3;1-2H3. The quantitative estimate of drug-likeness (QED) is 0.793. The molecule has 1 N–H and O–H groups in total. The minimum atomic E-state index is -0.902. The van der Waals surface area contributed by atoms with Gasteiger partial charge in [0.1, 0.15) is 6.04 Å². The molecule has 1 aromatic rings. The van der Waals surface area contributed by atoms with E-state index in [2.05, 4.69) is 19.2 Å². The molecule has 0 aromatic heterocycles. The van der Waals surface area contributed by atoms with E-state index in [0.29, 0.717) is 11.1 Å². The van der Waals surface area contributed by atoms with Crippen LogP contribution in [0.25, 0.3) is 0 Å². The zero-order chi connectivity index (χ0) is 19.1. The van der Waals surface area contributed by atoms with Gasteiger partial charge < -0.3 is 0 Å². The van der Waals surface area contributed by atoms with E-state index in [1.165, 1.54) is 6.42 Å². The summed E-state index contributed by atoms with van der Waals surface area (Å²) in [7, 11) is 0. The minimum absolute atomic E-state index is 0.128. The van der Waals surface area contributed by atoms with Crippen LogP contribution in [0, 0.1) is 6.92 Å². The molecule has 1 saturated heterocycles. The Morgan fingerprint density at radius 3 is 2.16 bits per heavy atom. The molecule has 0 aliphatic carbocycles. The van der Waals surface area contributed by atoms with Crippen molar-refractivity contribution in [2.75, 3.05) is 0 Å². The van der Waals surface area contributed by atoms with Crippen molar-refractivity contribution in [3.8, 4) is 0 Å². The molecule has 6 nitrogen and oxygen atoms in total. The average molecular weight is 346 g/mol. The fourth-order valence-electron chi connectivity index (χ4n) is 2.58. The number of benzene rings is 1. The van der Waals surface area contributed by atoms with Gasteiger partial charge in [-0.25, -0.2) is 0 Å². The Hall–Kier alpha value is -2.50. The van der Waals surface area contributed by atoms with Crippen LogP contribution in [0.2, 0.25) is 0 Å². The number of hydrogen-bond donors (Lipinski definition) is 1. The topological polar surface area (TPSA) is 83.6 Å². The van der Waals surface area contributed by atoms with E-state index >= 15 is 0 Å². The van der Waals surface area contributed by atoms with E-state index in [0.717, 1.165) is 10.5 Å². The molecular formula is C19H26N2O4. The Morgan fingerprint density at radius 1 is 1.04 bits per heavy atom.